The average molecular weight is 216 g/mol. The van der Waals surface area contributed by atoms with E-state index in [4.69, 9.17) is 9.47 Å². The summed E-state index contributed by atoms with van der Waals surface area (Å²) in [6.45, 7) is 7.25. The van der Waals surface area contributed by atoms with Gasteiger partial charge in [-0.1, -0.05) is 27.7 Å². The minimum absolute atomic E-state index is 0.357. The highest BCUT2D eigenvalue weighted by atomic mass is 16.5. The molecule has 0 amide bonds. The first kappa shape index (κ1) is 13.9. The normalized spacial score (nSPS) is 12.1. The molecule has 0 aliphatic carbocycles. The lowest BCUT2D eigenvalue weighted by molar-refractivity contribution is -0.178. The van der Waals surface area contributed by atoms with Crippen molar-refractivity contribution in [3.05, 3.63) is 0 Å². The summed E-state index contributed by atoms with van der Waals surface area (Å²) in [5.41, 5.74) is -1.77. The Bertz CT molecular complexity index is 234. The second kappa shape index (κ2) is 4.64. The van der Waals surface area contributed by atoms with Crippen LogP contribution >= 0.6 is 0 Å². The second-order valence-electron chi connectivity index (χ2n) is 4.49. The number of ether oxygens (including phenoxy) is 2. The number of hydrogen-bond acceptors (Lipinski definition) is 4. The molecule has 0 rings (SSSR count). The van der Waals surface area contributed by atoms with E-state index in [2.05, 4.69) is 0 Å². The van der Waals surface area contributed by atoms with Crippen molar-refractivity contribution in [1.82, 2.24) is 0 Å². The smallest absolute Gasteiger partial charge is 0.323 e. The maximum absolute atomic E-state index is 11.8. The van der Waals surface area contributed by atoms with E-state index in [0.717, 1.165) is 0 Å². The van der Waals surface area contributed by atoms with Crippen molar-refractivity contribution in [1.29, 1.82) is 0 Å². The van der Waals surface area contributed by atoms with Gasteiger partial charge in [-0.05, 0) is 11.8 Å². The largest absolute Gasteiger partial charge is 0.468 e. The fourth-order valence-corrected chi connectivity index (χ4v) is 1.86. The fourth-order valence-electron chi connectivity index (χ4n) is 1.86. The van der Waals surface area contributed by atoms with Gasteiger partial charge in [-0.25, -0.2) is 0 Å². The van der Waals surface area contributed by atoms with Crippen molar-refractivity contribution in [3.63, 3.8) is 0 Å². The van der Waals surface area contributed by atoms with Gasteiger partial charge in [0.15, 0.2) is 5.41 Å². The molecule has 15 heavy (non-hydrogen) atoms. The van der Waals surface area contributed by atoms with Crippen LogP contribution in [0, 0.1) is 10.8 Å². The first-order valence-corrected chi connectivity index (χ1v) is 4.94. The number of methoxy groups -OCH3 is 2. The van der Waals surface area contributed by atoms with Crippen LogP contribution in [0.15, 0.2) is 0 Å². The lowest BCUT2D eigenvalue weighted by Crippen LogP contribution is -2.50. The monoisotopic (exact) mass is 216 g/mol. The highest BCUT2D eigenvalue weighted by molar-refractivity contribution is 6.00. The topological polar surface area (TPSA) is 52.6 Å². The summed E-state index contributed by atoms with van der Waals surface area (Å²) in [4.78, 5) is 23.6. The van der Waals surface area contributed by atoms with E-state index >= 15 is 0 Å². The van der Waals surface area contributed by atoms with Crippen LogP contribution in [0.25, 0.3) is 0 Å². The Kier molecular flexibility index (Phi) is 4.31. The molecule has 0 aliphatic heterocycles. The minimum Gasteiger partial charge on any atom is -0.468 e. The van der Waals surface area contributed by atoms with E-state index in [9.17, 15) is 9.59 Å². The Morgan fingerprint density at radius 1 is 1.00 bits per heavy atom. The van der Waals surface area contributed by atoms with Crippen LogP contribution < -0.4 is 0 Å². The van der Waals surface area contributed by atoms with E-state index in [1.54, 1.807) is 6.92 Å². The summed E-state index contributed by atoms with van der Waals surface area (Å²) in [7, 11) is 2.56. The van der Waals surface area contributed by atoms with Crippen LogP contribution in [-0.4, -0.2) is 26.2 Å². The molecule has 0 aromatic heterocycles. The molecule has 0 heterocycles. The molecule has 0 aliphatic rings. The standard InChI is InChI=1S/C11H20O4/c1-7-11(8(12)14-5,9(13)15-6)10(2,3)4/h7H2,1-6H3. The maximum Gasteiger partial charge on any atom is 0.323 e. The van der Waals surface area contributed by atoms with Crippen LogP contribution in [-0.2, 0) is 19.1 Å². The SMILES string of the molecule is CCC(C(=O)OC)(C(=O)OC)C(C)(C)C. The molecular formula is C11H20O4. The molecule has 4 nitrogen and oxygen atoms in total. The third-order valence-corrected chi connectivity index (χ3v) is 2.88. The highest BCUT2D eigenvalue weighted by Gasteiger charge is 2.55. The summed E-state index contributed by atoms with van der Waals surface area (Å²) in [6, 6.07) is 0. The van der Waals surface area contributed by atoms with Crippen LogP contribution in [0.2, 0.25) is 0 Å². The van der Waals surface area contributed by atoms with Gasteiger partial charge < -0.3 is 9.47 Å². The molecule has 0 bridgehead atoms. The zero-order chi connectivity index (χ0) is 12.3. The molecule has 0 fully saturated rings. The average Bonchev–Trinajstić information content (AvgIpc) is 2.16. The van der Waals surface area contributed by atoms with Crippen LogP contribution in [0.1, 0.15) is 34.1 Å². The molecule has 0 saturated carbocycles. The van der Waals surface area contributed by atoms with Gasteiger partial charge >= 0.3 is 11.9 Å². The molecule has 0 unspecified atom stereocenters. The van der Waals surface area contributed by atoms with E-state index in [1.807, 2.05) is 20.8 Å². The Labute approximate surface area is 90.9 Å². The Morgan fingerprint density at radius 2 is 1.33 bits per heavy atom. The minimum atomic E-state index is -1.23. The van der Waals surface area contributed by atoms with Crippen molar-refractivity contribution >= 4 is 11.9 Å². The van der Waals surface area contributed by atoms with Gasteiger partial charge in [0.25, 0.3) is 0 Å². The molecule has 0 spiro atoms. The molecule has 0 aromatic carbocycles. The molecule has 0 aromatic rings. The molecule has 4 heteroatoms. The van der Waals surface area contributed by atoms with E-state index in [1.165, 1.54) is 14.2 Å². The van der Waals surface area contributed by atoms with Crippen molar-refractivity contribution in [3.8, 4) is 0 Å². The van der Waals surface area contributed by atoms with Gasteiger partial charge in [-0.3, -0.25) is 9.59 Å². The van der Waals surface area contributed by atoms with Gasteiger partial charge in [0.2, 0.25) is 0 Å². The van der Waals surface area contributed by atoms with E-state index < -0.39 is 22.8 Å². The van der Waals surface area contributed by atoms with Crippen molar-refractivity contribution in [2.75, 3.05) is 14.2 Å². The first-order chi connectivity index (χ1) is 6.77. The number of carbonyl (C=O) groups is 2. The molecular weight excluding hydrogens is 196 g/mol. The zero-order valence-electron chi connectivity index (χ0n) is 10.3. The molecule has 0 saturated heterocycles. The quantitative estimate of drug-likeness (QED) is 0.533. The summed E-state index contributed by atoms with van der Waals surface area (Å²) in [6.07, 6.45) is 0.357. The second-order valence-corrected chi connectivity index (χ2v) is 4.49. The molecule has 0 radical (unpaired) electrons. The summed E-state index contributed by atoms with van der Waals surface area (Å²) in [5, 5.41) is 0. The Hall–Kier alpha value is -1.06. The maximum atomic E-state index is 11.8. The summed E-state index contributed by atoms with van der Waals surface area (Å²) >= 11 is 0. The molecule has 0 atom stereocenters. The first-order valence-electron chi connectivity index (χ1n) is 4.94. The van der Waals surface area contributed by atoms with Gasteiger partial charge in [-0.2, -0.15) is 0 Å². The number of hydrogen-bond donors (Lipinski definition) is 0. The van der Waals surface area contributed by atoms with Gasteiger partial charge in [0.05, 0.1) is 14.2 Å². The third-order valence-electron chi connectivity index (χ3n) is 2.88. The van der Waals surface area contributed by atoms with Crippen LogP contribution in [0.5, 0.6) is 0 Å². The van der Waals surface area contributed by atoms with Crippen LogP contribution in [0.3, 0.4) is 0 Å². The predicted molar refractivity (Wildman–Crippen MR) is 56.2 cm³/mol. The zero-order valence-corrected chi connectivity index (χ0v) is 10.3. The summed E-state index contributed by atoms with van der Waals surface area (Å²) < 4.78 is 9.43. The lowest BCUT2D eigenvalue weighted by atomic mass is 9.65. The summed E-state index contributed by atoms with van der Waals surface area (Å²) in [5.74, 6) is -1.08. The molecule has 88 valence electrons. The Balaban J connectivity index is 5.51. The molecule has 0 N–H and O–H groups in total. The van der Waals surface area contributed by atoms with Crippen molar-refractivity contribution in [2.24, 2.45) is 10.8 Å². The lowest BCUT2D eigenvalue weighted by Gasteiger charge is -2.38. The number of esters is 2. The van der Waals surface area contributed by atoms with Gasteiger partial charge in [0.1, 0.15) is 0 Å². The number of rotatable bonds is 3. The van der Waals surface area contributed by atoms with E-state index in [0.29, 0.717) is 6.42 Å². The fraction of sp³-hybridized carbons (Fsp3) is 0.818. The highest BCUT2D eigenvalue weighted by Crippen LogP contribution is 2.43. The predicted octanol–water partition coefficient (Wildman–Crippen LogP) is 1.77. The number of carbonyl (C=O) groups excluding carboxylic acids is 2. The van der Waals surface area contributed by atoms with Crippen LogP contribution in [0.4, 0.5) is 0 Å². The Morgan fingerprint density at radius 3 is 1.47 bits per heavy atom. The van der Waals surface area contributed by atoms with E-state index in [-0.39, 0.29) is 0 Å². The van der Waals surface area contributed by atoms with Crippen molar-refractivity contribution < 1.29 is 19.1 Å². The third kappa shape index (κ3) is 2.13. The van der Waals surface area contributed by atoms with Gasteiger partial charge in [-0.15, -0.1) is 0 Å². The van der Waals surface area contributed by atoms with Crippen molar-refractivity contribution in [2.45, 2.75) is 34.1 Å². The van der Waals surface area contributed by atoms with Gasteiger partial charge in [0, 0.05) is 0 Å².